The first-order valence-corrected chi connectivity index (χ1v) is 12.1. The summed E-state index contributed by atoms with van der Waals surface area (Å²) in [6.45, 7) is 9.38. The number of amidine groups is 2. The quantitative estimate of drug-likeness (QED) is 0.411. The number of benzene rings is 1. The van der Waals surface area contributed by atoms with Crippen LogP contribution in [-0.4, -0.2) is 55.9 Å². The van der Waals surface area contributed by atoms with Gasteiger partial charge in [-0.3, -0.25) is 9.98 Å². The Labute approximate surface area is 203 Å². The van der Waals surface area contributed by atoms with Gasteiger partial charge in [0.1, 0.15) is 12.4 Å². The Morgan fingerprint density at radius 3 is 2.91 bits per heavy atom. The van der Waals surface area contributed by atoms with Gasteiger partial charge < -0.3 is 15.3 Å². The molecule has 2 aliphatic rings. The number of nitrogens with one attached hydrogen (secondary N) is 2. The van der Waals surface area contributed by atoms with E-state index in [0.29, 0.717) is 38.9 Å². The van der Waals surface area contributed by atoms with E-state index in [4.69, 9.17) is 32.9 Å². The molecule has 1 saturated heterocycles. The Morgan fingerprint density at radius 1 is 1.41 bits per heavy atom. The minimum atomic E-state index is -0.270. The van der Waals surface area contributed by atoms with Gasteiger partial charge >= 0.3 is 0 Å². The molecule has 10 heteroatoms. The van der Waals surface area contributed by atoms with Crippen LogP contribution in [0.25, 0.3) is 0 Å². The lowest BCUT2D eigenvalue weighted by Gasteiger charge is -2.27. The van der Waals surface area contributed by atoms with Crippen molar-refractivity contribution in [3.05, 3.63) is 38.8 Å². The number of aliphatic hydroxyl groups is 1. The van der Waals surface area contributed by atoms with Crippen LogP contribution < -0.4 is 10.9 Å². The Hall–Kier alpha value is -1.42. The fourth-order valence-corrected chi connectivity index (χ4v) is 5.28. The van der Waals surface area contributed by atoms with Gasteiger partial charge in [-0.25, -0.2) is 10.4 Å². The Bertz CT molecular complexity index is 937. The molecular weight excluding hydrogens is 469 g/mol. The topological polar surface area (TPSA) is 90.6 Å². The maximum atomic E-state index is 9.84. The van der Waals surface area contributed by atoms with Crippen LogP contribution in [0.4, 0.5) is 0 Å². The summed E-state index contributed by atoms with van der Waals surface area (Å²) in [5.41, 5.74) is 6.90. The van der Waals surface area contributed by atoms with Crippen molar-refractivity contribution in [1.82, 2.24) is 10.9 Å². The monoisotopic (exact) mass is 497 g/mol. The number of ether oxygens (including phenoxy) is 1. The zero-order chi connectivity index (χ0) is 23.1. The molecule has 2 aliphatic heterocycles. The summed E-state index contributed by atoms with van der Waals surface area (Å²) in [5, 5.41) is 10.8. The van der Waals surface area contributed by atoms with E-state index in [1.54, 1.807) is 6.07 Å². The summed E-state index contributed by atoms with van der Waals surface area (Å²) in [7, 11) is 0. The van der Waals surface area contributed by atoms with Crippen LogP contribution in [0, 0.1) is 5.41 Å². The molecule has 2 atom stereocenters. The lowest BCUT2D eigenvalue weighted by molar-refractivity contribution is 0.101. The zero-order valence-corrected chi connectivity index (χ0v) is 20.7. The van der Waals surface area contributed by atoms with E-state index < -0.39 is 0 Å². The van der Waals surface area contributed by atoms with Gasteiger partial charge in [-0.1, -0.05) is 41.0 Å². The first-order valence-electron chi connectivity index (χ1n) is 10.5. The van der Waals surface area contributed by atoms with Gasteiger partial charge in [0, 0.05) is 18.0 Å². The first-order chi connectivity index (χ1) is 15.4. The molecule has 0 radical (unpaired) electrons. The van der Waals surface area contributed by atoms with Crippen LogP contribution in [0.2, 0.25) is 10.0 Å². The Kier molecular flexibility index (Phi) is 9.16. The number of aliphatic hydroxyl groups excluding tert-OH is 1. The van der Waals surface area contributed by atoms with Crippen LogP contribution in [0.5, 0.6) is 0 Å². The predicted molar refractivity (Wildman–Crippen MR) is 134 cm³/mol. The molecule has 3 N–H and O–H groups in total. The SMILES string of the molecule is C=N/C(C)=C(/Sc1cccc(Cl)c1Cl)C1=NCCC2(CCNNC(CO)=N1)CO[C@@H](C)C2. The average Bonchev–Trinajstić information content (AvgIpc) is 3.14. The number of nitrogens with zero attached hydrogens (tertiary/aromatic N) is 3. The second-order valence-electron chi connectivity index (χ2n) is 8.03. The molecule has 0 aromatic heterocycles. The van der Waals surface area contributed by atoms with E-state index in [2.05, 4.69) is 34.5 Å². The van der Waals surface area contributed by atoms with Crippen molar-refractivity contribution in [3.8, 4) is 0 Å². The first kappa shape index (κ1) is 25.2. The molecule has 3 rings (SSSR count). The van der Waals surface area contributed by atoms with Gasteiger partial charge in [0.25, 0.3) is 0 Å². The summed E-state index contributed by atoms with van der Waals surface area (Å²) >= 11 is 14.0. The molecule has 0 aliphatic carbocycles. The number of hydrogen-bond donors (Lipinski definition) is 3. The molecule has 0 amide bonds. The normalized spacial score (nSPS) is 25.3. The molecule has 1 fully saturated rings. The van der Waals surface area contributed by atoms with Crippen molar-refractivity contribution in [1.29, 1.82) is 0 Å². The second-order valence-corrected chi connectivity index (χ2v) is 9.86. The van der Waals surface area contributed by atoms with E-state index in [0.717, 1.165) is 37.3 Å². The van der Waals surface area contributed by atoms with Gasteiger partial charge in [-0.2, -0.15) is 0 Å². The highest BCUT2D eigenvalue weighted by atomic mass is 35.5. The maximum Gasteiger partial charge on any atom is 0.165 e. The highest BCUT2D eigenvalue weighted by Gasteiger charge is 2.37. The minimum absolute atomic E-state index is 0.0610. The van der Waals surface area contributed by atoms with E-state index in [-0.39, 0.29) is 18.1 Å². The third kappa shape index (κ3) is 6.34. The molecule has 0 bridgehead atoms. The third-order valence-electron chi connectivity index (χ3n) is 5.60. The van der Waals surface area contributed by atoms with Crippen LogP contribution in [0.15, 0.2) is 48.7 Å². The molecule has 32 heavy (non-hydrogen) atoms. The zero-order valence-electron chi connectivity index (χ0n) is 18.3. The molecule has 1 aromatic rings. The number of hydrogen-bond acceptors (Lipinski definition) is 8. The molecule has 0 saturated carbocycles. The summed E-state index contributed by atoms with van der Waals surface area (Å²) < 4.78 is 5.89. The highest BCUT2D eigenvalue weighted by Crippen LogP contribution is 2.40. The standard InChI is InChI=1S/C22H29Cl2N5O2S/c1-14-11-22(13-31-14)7-9-26-21(28-18(12-30)29-27-10-8-22)20(15(2)25-3)32-17-6-4-5-16(23)19(17)24/h4-6,14,27,30H,3,7-13H2,1-2H3,(H,26,28,29)/b20-15+/t14-,22?/m0/s1. The molecule has 1 unspecified atom stereocenters. The number of aliphatic imine (C=N–C) groups is 3. The fourth-order valence-electron chi connectivity index (χ4n) is 3.83. The number of hydrazine groups is 1. The van der Waals surface area contributed by atoms with E-state index in [1.807, 2.05) is 19.1 Å². The summed E-state index contributed by atoms with van der Waals surface area (Å²) in [4.78, 5) is 15.0. The van der Waals surface area contributed by atoms with Gasteiger partial charge in [-0.15, -0.1) is 0 Å². The van der Waals surface area contributed by atoms with Crippen LogP contribution in [0.1, 0.15) is 33.1 Å². The number of halogens is 2. The Morgan fingerprint density at radius 2 is 2.22 bits per heavy atom. The van der Waals surface area contributed by atoms with E-state index in [9.17, 15) is 5.11 Å². The van der Waals surface area contributed by atoms with E-state index >= 15 is 0 Å². The number of rotatable bonds is 5. The van der Waals surface area contributed by atoms with Crippen molar-refractivity contribution in [3.63, 3.8) is 0 Å². The lowest BCUT2D eigenvalue weighted by Crippen LogP contribution is -2.41. The van der Waals surface area contributed by atoms with Gasteiger partial charge in [-0.05, 0) is 57.4 Å². The van der Waals surface area contributed by atoms with Crippen molar-refractivity contribution in [2.75, 3.05) is 26.3 Å². The van der Waals surface area contributed by atoms with Crippen LogP contribution >= 0.6 is 35.0 Å². The number of allylic oxidation sites excluding steroid dienone is 1. The minimum Gasteiger partial charge on any atom is -0.388 e. The van der Waals surface area contributed by atoms with Crippen molar-refractivity contribution < 1.29 is 9.84 Å². The molecule has 174 valence electrons. The molecular formula is C22H29Cl2N5O2S. The highest BCUT2D eigenvalue weighted by molar-refractivity contribution is 8.04. The van der Waals surface area contributed by atoms with Crippen molar-refractivity contribution in [2.24, 2.45) is 20.4 Å². The van der Waals surface area contributed by atoms with Crippen molar-refractivity contribution in [2.45, 2.75) is 44.1 Å². The van der Waals surface area contributed by atoms with Crippen LogP contribution in [0.3, 0.4) is 0 Å². The molecule has 1 aromatic carbocycles. The summed E-state index contributed by atoms with van der Waals surface area (Å²) in [6, 6.07) is 5.45. The third-order valence-corrected chi connectivity index (χ3v) is 7.77. The van der Waals surface area contributed by atoms with Gasteiger partial charge in [0.2, 0.25) is 0 Å². The van der Waals surface area contributed by atoms with Crippen molar-refractivity contribution >= 4 is 53.4 Å². The van der Waals surface area contributed by atoms with Gasteiger partial charge in [0.05, 0.1) is 33.4 Å². The molecule has 1 spiro atoms. The average molecular weight is 498 g/mol. The maximum absolute atomic E-state index is 9.84. The summed E-state index contributed by atoms with van der Waals surface area (Å²) in [5.74, 6) is 0.821. The largest absolute Gasteiger partial charge is 0.388 e. The predicted octanol–water partition coefficient (Wildman–Crippen LogP) is 4.49. The van der Waals surface area contributed by atoms with Crippen LogP contribution in [-0.2, 0) is 4.74 Å². The van der Waals surface area contributed by atoms with E-state index in [1.165, 1.54) is 11.8 Å². The fraction of sp³-hybridized carbons (Fsp3) is 0.500. The van der Waals surface area contributed by atoms with Gasteiger partial charge in [0.15, 0.2) is 5.84 Å². The lowest BCUT2D eigenvalue weighted by atomic mass is 9.79. The molecule has 7 nitrogen and oxygen atoms in total. The Balaban J connectivity index is 1.98. The number of thioether (sulfide) groups is 1. The smallest absolute Gasteiger partial charge is 0.165 e. The second kappa shape index (κ2) is 11.6. The molecule has 2 heterocycles. The summed E-state index contributed by atoms with van der Waals surface area (Å²) in [6.07, 6.45) is 3.05.